The van der Waals surface area contributed by atoms with Crippen LogP contribution in [0.3, 0.4) is 0 Å². The highest BCUT2D eigenvalue weighted by atomic mass is 79.9. The van der Waals surface area contributed by atoms with Gasteiger partial charge in [0.2, 0.25) is 0 Å². The molecule has 0 unspecified atom stereocenters. The minimum absolute atomic E-state index is 0.552. The monoisotopic (exact) mass is 312 g/mol. The van der Waals surface area contributed by atoms with Crippen molar-refractivity contribution in [3.05, 3.63) is 28.5 Å². The number of likely N-dealkylation sites (tertiary alicyclic amines) is 1. The van der Waals surface area contributed by atoms with Gasteiger partial charge in [-0.15, -0.1) is 0 Å². The van der Waals surface area contributed by atoms with Crippen LogP contribution >= 0.6 is 15.9 Å². The molecule has 1 aromatic heterocycles. The molecule has 0 aliphatic carbocycles. The fourth-order valence-electron chi connectivity index (χ4n) is 2.15. The van der Waals surface area contributed by atoms with Gasteiger partial charge in [-0.25, -0.2) is 0 Å². The number of rotatable bonds is 3. The Hall–Kier alpha value is -0.940. The first kappa shape index (κ1) is 13.5. The van der Waals surface area contributed by atoms with Crippen LogP contribution in [0.25, 0.3) is 0 Å². The zero-order chi connectivity index (χ0) is 13.2. The second-order valence-electron chi connectivity index (χ2n) is 5.11. The van der Waals surface area contributed by atoms with Gasteiger partial charge in [-0.1, -0.05) is 0 Å². The van der Waals surface area contributed by atoms with Crippen molar-refractivity contribution in [2.75, 3.05) is 13.1 Å². The molecule has 1 fully saturated rings. The summed E-state index contributed by atoms with van der Waals surface area (Å²) in [5.41, 5.74) is 0.473. The Labute approximate surface area is 115 Å². The van der Waals surface area contributed by atoms with E-state index in [-0.39, 0.29) is 0 Å². The van der Waals surface area contributed by atoms with Gasteiger partial charge in [0.1, 0.15) is 0 Å². The Morgan fingerprint density at radius 2 is 2.17 bits per heavy atom. The molecular weight excluding hydrogens is 296 g/mol. The van der Waals surface area contributed by atoms with Crippen molar-refractivity contribution in [2.45, 2.75) is 26.3 Å². The van der Waals surface area contributed by atoms with Crippen molar-refractivity contribution in [1.29, 1.82) is 0 Å². The van der Waals surface area contributed by atoms with E-state index in [9.17, 15) is 4.79 Å². The molecule has 1 N–H and O–H groups in total. The van der Waals surface area contributed by atoms with Crippen molar-refractivity contribution in [1.82, 2.24) is 9.88 Å². The quantitative estimate of drug-likeness (QED) is 0.932. The summed E-state index contributed by atoms with van der Waals surface area (Å²) in [6, 6.07) is 3.97. The van der Waals surface area contributed by atoms with Crippen molar-refractivity contribution >= 4 is 21.9 Å². The molecule has 18 heavy (non-hydrogen) atoms. The summed E-state index contributed by atoms with van der Waals surface area (Å²) < 4.78 is 0.975. The molecule has 0 bridgehead atoms. The van der Waals surface area contributed by atoms with Crippen molar-refractivity contribution in [2.24, 2.45) is 5.41 Å². The summed E-state index contributed by atoms with van der Waals surface area (Å²) in [5, 5.41) is 9.17. The molecule has 1 saturated heterocycles. The standard InChI is InChI=1S/C13H17BrN2O2/c1-13(12(17)18)4-6-16(7-5-13)9-11-3-2-10(14)8-15-11/h2-3,8H,4-7,9H2,1H3,(H,17,18). The number of carboxylic acids is 1. The lowest BCUT2D eigenvalue weighted by Gasteiger charge is -2.36. The van der Waals surface area contributed by atoms with Gasteiger partial charge in [0, 0.05) is 17.2 Å². The summed E-state index contributed by atoms with van der Waals surface area (Å²) in [7, 11) is 0. The van der Waals surface area contributed by atoms with Crippen molar-refractivity contribution in [3.63, 3.8) is 0 Å². The van der Waals surface area contributed by atoms with E-state index in [1.165, 1.54) is 0 Å². The topological polar surface area (TPSA) is 53.4 Å². The maximum absolute atomic E-state index is 11.1. The summed E-state index contributed by atoms with van der Waals surface area (Å²) in [6.07, 6.45) is 3.21. The molecule has 0 amide bonds. The largest absolute Gasteiger partial charge is 0.481 e. The predicted molar refractivity (Wildman–Crippen MR) is 72.2 cm³/mol. The SMILES string of the molecule is CC1(C(=O)O)CCN(Cc2ccc(Br)cn2)CC1. The van der Waals surface area contributed by atoms with Crippen LogP contribution < -0.4 is 0 Å². The van der Waals surface area contributed by atoms with E-state index < -0.39 is 11.4 Å². The van der Waals surface area contributed by atoms with Crippen molar-refractivity contribution in [3.8, 4) is 0 Å². The third-order valence-corrected chi connectivity index (χ3v) is 4.12. The molecular formula is C13H17BrN2O2. The van der Waals surface area contributed by atoms with E-state index >= 15 is 0 Å². The van der Waals surface area contributed by atoms with E-state index in [2.05, 4.69) is 25.8 Å². The van der Waals surface area contributed by atoms with Crippen LogP contribution in [0.15, 0.2) is 22.8 Å². The first-order valence-electron chi connectivity index (χ1n) is 6.06. The number of carbonyl (C=O) groups is 1. The number of carboxylic acid groups (broad SMARTS) is 1. The molecule has 98 valence electrons. The van der Waals surface area contributed by atoms with Gasteiger partial charge >= 0.3 is 5.97 Å². The fraction of sp³-hybridized carbons (Fsp3) is 0.538. The lowest BCUT2D eigenvalue weighted by Crippen LogP contribution is -2.42. The van der Waals surface area contributed by atoms with E-state index in [4.69, 9.17) is 5.11 Å². The van der Waals surface area contributed by atoms with Crippen molar-refractivity contribution < 1.29 is 9.90 Å². The van der Waals surface area contributed by atoms with Crippen LogP contribution in [0, 0.1) is 5.41 Å². The fourth-order valence-corrected chi connectivity index (χ4v) is 2.38. The van der Waals surface area contributed by atoms with Crippen LogP contribution in [0.5, 0.6) is 0 Å². The summed E-state index contributed by atoms with van der Waals surface area (Å²) in [6.45, 7) is 4.27. The molecule has 1 aliphatic rings. The molecule has 0 aromatic carbocycles. The van der Waals surface area contributed by atoms with E-state index in [1.54, 1.807) is 6.20 Å². The molecule has 2 rings (SSSR count). The Kier molecular flexibility index (Phi) is 4.02. The number of piperidine rings is 1. The minimum Gasteiger partial charge on any atom is -0.481 e. The third kappa shape index (κ3) is 3.09. The lowest BCUT2D eigenvalue weighted by molar-refractivity contribution is -0.150. The first-order chi connectivity index (χ1) is 8.49. The van der Waals surface area contributed by atoms with Gasteiger partial charge in [-0.05, 0) is 60.9 Å². The average molecular weight is 313 g/mol. The third-order valence-electron chi connectivity index (χ3n) is 3.65. The Morgan fingerprint density at radius 1 is 1.50 bits per heavy atom. The number of pyridine rings is 1. The Morgan fingerprint density at radius 3 is 2.67 bits per heavy atom. The van der Waals surface area contributed by atoms with E-state index in [1.807, 2.05) is 19.1 Å². The van der Waals surface area contributed by atoms with Gasteiger partial charge < -0.3 is 5.11 Å². The van der Waals surface area contributed by atoms with E-state index in [0.29, 0.717) is 12.8 Å². The van der Waals surface area contributed by atoms with Gasteiger partial charge in [0.25, 0.3) is 0 Å². The zero-order valence-electron chi connectivity index (χ0n) is 10.4. The molecule has 1 aromatic rings. The molecule has 0 spiro atoms. The van der Waals surface area contributed by atoms with Gasteiger partial charge in [-0.2, -0.15) is 0 Å². The molecule has 2 heterocycles. The van der Waals surface area contributed by atoms with Crippen LogP contribution in [0.2, 0.25) is 0 Å². The number of hydrogen-bond acceptors (Lipinski definition) is 3. The van der Waals surface area contributed by atoms with Gasteiger partial charge in [-0.3, -0.25) is 14.7 Å². The summed E-state index contributed by atoms with van der Waals surface area (Å²) in [4.78, 5) is 17.7. The van der Waals surface area contributed by atoms with Crippen LogP contribution in [-0.4, -0.2) is 34.0 Å². The Balaban J connectivity index is 1.91. The molecule has 0 atom stereocenters. The predicted octanol–water partition coefficient (Wildman–Crippen LogP) is 2.53. The molecule has 1 aliphatic heterocycles. The Bertz CT molecular complexity index is 425. The smallest absolute Gasteiger partial charge is 0.309 e. The maximum Gasteiger partial charge on any atom is 0.309 e. The molecule has 0 radical (unpaired) electrons. The average Bonchev–Trinajstić information content (AvgIpc) is 2.35. The van der Waals surface area contributed by atoms with Crippen LogP contribution in [0.4, 0.5) is 0 Å². The molecule has 4 nitrogen and oxygen atoms in total. The molecule has 0 saturated carbocycles. The normalized spacial score (nSPS) is 19.7. The lowest BCUT2D eigenvalue weighted by atomic mass is 9.80. The van der Waals surface area contributed by atoms with E-state index in [0.717, 1.165) is 29.8 Å². The summed E-state index contributed by atoms with van der Waals surface area (Å²) in [5.74, 6) is -0.677. The minimum atomic E-state index is -0.677. The second kappa shape index (κ2) is 5.36. The molecule has 5 heteroatoms. The highest BCUT2D eigenvalue weighted by Crippen LogP contribution is 2.31. The number of aromatic nitrogens is 1. The highest BCUT2D eigenvalue weighted by Gasteiger charge is 2.36. The summed E-state index contributed by atoms with van der Waals surface area (Å²) >= 11 is 3.36. The van der Waals surface area contributed by atoms with Gasteiger partial charge in [0.05, 0.1) is 11.1 Å². The number of aliphatic carboxylic acids is 1. The number of nitrogens with zero attached hydrogens (tertiary/aromatic N) is 2. The van der Waals surface area contributed by atoms with Crippen LogP contribution in [0.1, 0.15) is 25.5 Å². The van der Waals surface area contributed by atoms with Gasteiger partial charge in [0.15, 0.2) is 0 Å². The first-order valence-corrected chi connectivity index (χ1v) is 6.85. The number of hydrogen-bond donors (Lipinski definition) is 1. The second-order valence-corrected chi connectivity index (χ2v) is 6.03. The van der Waals surface area contributed by atoms with Crippen LogP contribution in [-0.2, 0) is 11.3 Å². The maximum atomic E-state index is 11.1. The zero-order valence-corrected chi connectivity index (χ0v) is 12.0. The number of halogens is 1. The highest BCUT2D eigenvalue weighted by molar-refractivity contribution is 9.10.